The molecule has 0 nitrogen and oxygen atoms in total. The molecule has 0 spiro atoms. The molecule has 0 heterocycles. The van der Waals surface area contributed by atoms with Gasteiger partial charge in [-0.05, 0) is 37.1 Å². The fraction of sp³-hybridized carbons (Fsp3) is 0.455. The minimum Gasteiger partial charge on any atom is -0.122 e. The molecule has 0 amide bonds. The summed E-state index contributed by atoms with van der Waals surface area (Å²) >= 11 is 13.9. The van der Waals surface area contributed by atoms with E-state index in [1.165, 1.54) is 17.7 Å². The Morgan fingerprint density at radius 1 is 1.14 bits per heavy atom. The van der Waals surface area contributed by atoms with Crippen molar-refractivity contribution < 1.29 is 0 Å². The Hall–Kier alpha value is 0.150. The van der Waals surface area contributed by atoms with Gasteiger partial charge in [0.1, 0.15) is 0 Å². The third-order valence-corrected chi connectivity index (χ3v) is 4.81. The predicted octanol–water partition coefficient (Wildman–Crippen LogP) is 4.59. The molecule has 0 saturated heterocycles. The summed E-state index contributed by atoms with van der Waals surface area (Å²) in [6.07, 6.45) is 3.66. The van der Waals surface area contributed by atoms with Gasteiger partial charge in [0.25, 0.3) is 0 Å². The number of hydrogen-bond donors (Lipinski definition) is 0. The average molecular weight is 247 g/mol. The van der Waals surface area contributed by atoms with Gasteiger partial charge in [0, 0.05) is 20.5 Å². The standard InChI is InChI=1S/C11H12Cl2S/c12-8-4-6-9(7-5-8)14-11-3-1-2-10(11)13/h4-7,10-11H,1-3H2/t10-,11+/m0/s1. The maximum atomic E-state index is 6.21. The van der Waals surface area contributed by atoms with Gasteiger partial charge in [0.05, 0.1) is 0 Å². The number of rotatable bonds is 2. The van der Waals surface area contributed by atoms with E-state index in [-0.39, 0.29) is 0 Å². The number of thioether (sulfide) groups is 1. The van der Waals surface area contributed by atoms with E-state index in [0.717, 1.165) is 11.4 Å². The molecular formula is C11H12Cl2S. The maximum Gasteiger partial charge on any atom is 0.0458 e. The Balaban J connectivity index is 2.00. The molecule has 2 atom stereocenters. The number of hydrogen-bond acceptors (Lipinski definition) is 1. The normalized spacial score (nSPS) is 26.7. The van der Waals surface area contributed by atoms with Crippen molar-refractivity contribution in [3.05, 3.63) is 29.3 Å². The van der Waals surface area contributed by atoms with Crippen molar-refractivity contribution in [2.45, 2.75) is 34.8 Å². The lowest BCUT2D eigenvalue weighted by Gasteiger charge is -2.12. The topological polar surface area (TPSA) is 0 Å². The molecule has 14 heavy (non-hydrogen) atoms. The van der Waals surface area contributed by atoms with Gasteiger partial charge in [-0.25, -0.2) is 0 Å². The second kappa shape index (κ2) is 4.78. The van der Waals surface area contributed by atoms with E-state index < -0.39 is 0 Å². The molecule has 1 saturated carbocycles. The van der Waals surface area contributed by atoms with E-state index >= 15 is 0 Å². The van der Waals surface area contributed by atoms with Crippen LogP contribution in [0.1, 0.15) is 19.3 Å². The van der Waals surface area contributed by atoms with Crippen LogP contribution in [-0.2, 0) is 0 Å². The van der Waals surface area contributed by atoms with Crippen LogP contribution in [0.3, 0.4) is 0 Å². The molecule has 2 rings (SSSR count). The van der Waals surface area contributed by atoms with Crippen LogP contribution < -0.4 is 0 Å². The second-order valence-electron chi connectivity index (χ2n) is 3.56. The molecule has 0 radical (unpaired) electrons. The number of benzene rings is 1. The fourth-order valence-electron chi connectivity index (χ4n) is 1.70. The van der Waals surface area contributed by atoms with Crippen LogP contribution in [0.15, 0.2) is 29.2 Å². The first-order valence-corrected chi connectivity index (χ1v) is 6.51. The first-order valence-electron chi connectivity index (χ1n) is 4.82. The molecule has 1 fully saturated rings. The maximum absolute atomic E-state index is 6.21. The quantitative estimate of drug-likeness (QED) is 0.688. The van der Waals surface area contributed by atoms with Gasteiger partial charge in [0.15, 0.2) is 0 Å². The molecule has 3 heteroatoms. The summed E-state index contributed by atoms with van der Waals surface area (Å²) in [5.74, 6) is 0. The zero-order valence-corrected chi connectivity index (χ0v) is 10.1. The number of alkyl halides is 1. The minimum atomic E-state index is 0.343. The highest BCUT2D eigenvalue weighted by Gasteiger charge is 2.25. The molecule has 0 aliphatic heterocycles. The summed E-state index contributed by atoms with van der Waals surface area (Å²) in [6.45, 7) is 0. The van der Waals surface area contributed by atoms with Crippen molar-refractivity contribution in [3.63, 3.8) is 0 Å². The Bertz CT molecular complexity index is 297. The van der Waals surface area contributed by atoms with Crippen molar-refractivity contribution in [1.82, 2.24) is 0 Å². The van der Waals surface area contributed by atoms with Gasteiger partial charge in [-0.15, -0.1) is 23.4 Å². The molecule has 0 N–H and O–H groups in total. The lowest BCUT2D eigenvalue weighted by atomic mass is 10.4. The molecular weight excluding hydrogens is 235 g/mol. The molecule has 1 aromatic carbocycles. The summed E-state index contributed by atoms with van der Waals surface area (Å²) in [6, 6.07) is 7.99. The van der Waals surface area contributed by atoms with Crippen LogP contribution in [0.5, 0.6) is 0 Å². The fourth-order valence-corrected chi connectivity index (χ4v) is 3.47. The zero-order valence-electron chi connectivity index (χ0n) is 7.75. The average Bonchev–Trinajstić information content (AvgIpc) is 2.56. The van der Waals surface area contributed by atoms with Crippen LogP contribution in [0.4, 0.5) is 0 Å². The highest BCUT2D eigenvalue weighted by atomic mass is 35.5. The van der Waals surface area contributed by atoms with Crippen LogP contribution in [0, 0.1) is 0 Å². The Kier molecular flexibility index (Phi) is 3.64. The molecule has 0 bridgehead atoms. The second-order valence-corrected chi connectivity index (χ2v) is 5.87. The van der Waals surface area contributed by atoms with E-state index in [0.29, 0.717) is 10.6 Å². The van der Waals surface area contributed by atoms with E-state index in [1.807, 2.05) is 23.9 Å². The molecule has 0 aromatic heterocycles. The molecule has 0 unspecified atom stereocenters. The minimum absolute atomic E-state index is 0.343. The van der Waals surface area contributed by atoms with E-state index in [4.69, 9.17) is 23.2 Å². The highest BCUT2D eigenvalue weighted by molar-refractivity contribution is 8.00. The van der Waals surface area contributed by atoms with Crippen LogP contribution in [0.25, 0.3) is 0 Å². The molecule has 1 aliphatic rings. The van der Waals surface area contributed by atoms with Gasteiger partial charge in [-0.2, -0.15) is 0 Å². The summed E-state index contributed by atoms with van der Waals surface area (Å²) in [4.78, 5) is 1.27. The lowest BCUT2D eigenvalue weighted by molar-refractivity contribution is 0.888. The Morgan fingerprint density at radius 3 is 2.43 bits per heavy atom. The van der Waals surface area contributed by atoms with Gasteiger partial charge in [-0.3, -0.25) is 0 Å². The van der Waals surface area contributed by atoms with Crippen molar-refractivity contribution in [2.75, 3.05) is 0 Å². The highest BCUT2D eigenvalue weighted by Crippen LogP contribution is 2.37. The van der Waals surface area contributed by atoms with Crippen LogP contribution >= 0.6 is 35.0 Å². The van der Waals surface area contributed by atoms with Crippen LogP contribution in [0.2, 0.25) is 5.02 Å². The van der Waals surface area contributed by atoms with Crippen molar-refractivity contribution in [3.8, 4) is 0 Å². The number of halogens is 2. The van der Waals surface area contributed by atoms with Gasteiger partial charge < -0.3 is 0 Å². The van der Waals surface area contributed by atoms with Gasteiger partial charge >= 0.3 is 0 Å². The first-order chi connectivity index (χ1) is 6.75. The largest absolute Gasteiger partial charge is 0.122 e. The zero-order chi connectivity index (χ0) is 9.97. The van der Waals surface area contributed by atoms with E-state index in [1.54, 1.807) is 0 Å². The third kappa shape index (κ3) is 2.59. The van der Waals surface area contributed by atoms with Gasteiger partial charge in [0.2, 0.25) is 0 Å². The molecule has 76 valence electrons. The summed E-state index contributed by atoms with van der Waals surface area (Å²) < 4.78 is 0. The van der Waals surface area contributed by atoms with Gasteiger partial charge in [-0.1, -0.05) is 18.0 Å². The van der Waals surface area contributed by atoms with Crippen molar-refractivity contribution in [1.29, 1.82) is 0 Å². The van der Waals surface area contributed by atoms with Crippen LogP contribution in [-0.4, -0.2) is 10.6 Å². The Labute approximate surface area is 99.0 Å². The van der Waals surface area contributed by atoms with E-state index in [2.05, 4.69) is 12.1 Å². The SMILES string of the molecule is Clc1ccc(S[C@@H]2CCC[C@@H]2Cl)cc1. The first kappa shape index (κ1) is 10.7. The monoisotopic (exact) mass is 246 g/mol. The smallest absolute Gasteiger partial charge is 0.0458 e. The molecule has 1 aliphatic carbocycles. The van der Waals surface area contributed by atoms with E-state index in [9.17, 15) is 0 Å². The lowest BCUT2D eigenvalue weighted by Crippen LogP contribution is -2.08. The third-order valence-electron chi connectivity index (χ3n) is 2.47. The summed E-state index contributed by atoms with van der Waals surface area (Å²) in [7, 11) is 0. The Morgan fingerprint density at radius 2 is 1.86 bits per heavy atom. The molecule has 1 aromatic rings. The predicted molar refractivity (Wildman–Crippen MR) is 64.6 cm³/mol. The summed E-state index contributed by atoms with van der Waals surface area (Å²) in [5.41, 5.74) is 0. The van der Waals surface area contributed by atoms with Crippen molar-refractivity contribution in [2.24, 2.45) is 0 Å². The summed E-state index contributed by atoms with van der Waals surface area (Å²) in [5, 5.41) is 1.72. The van der Waals surface area contributed by atoms with Crippen molar-refractivity contribution >= 4 is 35.0 Å².